The lowest BCUT2D eigenvalue weighted by Gasteiger charge is -2.16. The molecule has 0 radical (unpaired) electrons. The predicted molar refractivity (Wildman–Crippen MR) is 75.0 cm³/mol. The van der Waals surface area contributed by atoms with E-state index in [0.717, 1.165) is 22.6 Å². The highest BCUT2D eigenvalue weighted by Crippen LogP contribution is 2.29. The summed E-state index contributed by atoms with van der Waals surface area (Å²) >= 11 is 5.99. The van der Waals surface area contributed by atoms with Crippen LogP contribution < -0.4 is 6.15 Å². The first-order valence-corrected chi connectivity index (χ1v) is 6.09. The van der Waals surface area contributed by atoms with Crippen LogP contribution in [0.4, 0.5) is 4.39 Å². The summed E-state index contributed by atoms with van der Waals surface area (Å²) in [4.78, 5) is 0. The second-order valence-corrected chi connectivity index (χ2v) is 4.51. The van der Waals surface area contributed by atoms with Gasteiger partial charge in [0.25, 0.3) is 0 Å². The molecule has 2 aromatic carbocycles. The van der Waals surface area contributed by atoms with Gasteiger partial charge in [-0.15, -0.1) is 0 Å². The first kappa shape index (κ1) is 14.7. The van der Waals surface area contributed by atoms with Crippen LogP contribution >= 0.6 is 11.6 Å². The topological polar surface area (TPSA) is 35.0 Å². The van der Waals surface area contributed by atoms with Crippen molar-refractivity contribution in [2.24, 2.45) is 0 Å². The van der Waals surface area contributed by atoms with Gasteiger partial charge in [-0.3, -0.25) is 0 Å². The zero-order valence-corrected chi connectivity index (χ0v) is 11.1. The van der Waals surface area contributed by atoms with Gasteiger partial charge < -0.3 is 6.15 Å². The van der Waals surface area contributed by atoms with Gasteiger partial charge in [-0.25, -0.2) is 4.39 Å². The van der Waals surface area contributed by atoms with Gasteiger partial charge >= 0.3 is 0 Å². The molecule has 0 aromatic heterocycles. The number of hydrogen-bond donors (Lipinski definition) is 1. The van der Waals surface area contributed by atoms with Crippen molar-refractivity contribution < 1.29 is 4.39 Å². The molecule has 1 atom stereocenters. The van der Waals surface area contributed by atoms with Crippen molar-refractivity contribution in [2.75, 3.05) is 0 Å². The van der Waals surface area contributed by atoms with Crippen molar-refractivity contribution in [3.05, 3.63) is 70.5 Å². The minimum Gasteiger partial charge on any atom is -0.344 e. The summed E-state index contributed by atoms with van der Waals surface area (Å²) in [5.74, 6) is 0.00683. The van der Waals surface area contributed by atoms with Crippen LogP contribution in [0, 0.1) is 5.82 Å². The van der Waals surface area contributed by atoms with Crippen molar-refractivity contribution in [1.82, 2.24) is 6.15 Å². The van der Waals surface area contributed by atoms with E-state index in [9.17, 15) is 4.39 Å². The number of hydrogen-bond acceptors (Lipinski definition) is 1. The molecule has 0 aliphatic rings. The summed E-state index contributed by atoms with van der Waals surface area (Å²) in [7, 11) is 0. The maximum Gasteiger partial charge on any atom is 0.123 e. The maximum absolute atomic E-state index is 13.2. The summed E-state index contributed by atoms with van der Waals surface area (Å²) < 4.78 is 13.2. The normalized spacial score (nSPS) is 11.7. The molecule has 2 rings (SSSR count). The quantitative estimate of drug-likeness (QED) is 0.815. The van der Waals surface area contributed by atoms with Crippen LogP contribution in [-0.2, 0) is 0 Å². The minimum atomic E-state index is -0.192. The second kappa shape index (κ2) is 6.53. The standard InChI is InChI=1S/C15H14ClF.H3N/c1-2-15(11-5-3-7-13(16)9-11)12-6-4-8-14(17)10-12;/h3-10,15H,2H2,1H3;1H3. The van der Waals surface area contributed by atoms with E-state index in [0.29, 0.717) is 0 Å². The van der Waals surface area contributed by atoms with E-state index < -0.39 is 0 Å². The molecular formula is C15H17ClFN. The summed E-state index contributed by atoms with van der Waals surface area (Å²) in [6.45, 7) is 2.09. The number of benzene rings is 2. The SMILES string of the molecule is CCC(c1cccc(F)c1)c1cccc(Cl)c1.N. The number of halogens is 2. The van der Waals surface area contributed by atoms with Crippen LogP contribution in [0.2, 0.25) is 5.02 Å². The Balaban J connectivity index is 0.00000162. The van der Waals surface area contributed by atoms with Gasteiger partial charge in [0, 0.05) is 10.9 Å². The Bertz CT molecular complexity index is 468. The Labute approximate surface area is 112 Å². The van der Waals surface area contributed by atoms with Gasteiger partial charge in [0.2, 0.25) is 0 Å². The molecule has 0 fully saturated rings. The van der Waals surface area contributed by atoms with Crippen molar-refractivity contribution in [3.63, 3.8) is 0 Å². The Kier molecular flexibility index (Phi) is 5.32. The van der Waals surface area contributed by atoms with Crippen LogP contribution in [0.15, 0.2) is 48.5 Å². The highest BCUT2D eigenvalue weighted by molar-refractivity contribution is 6.30. The summed E-state index contributed by atoms with van der Waals surface area (Å²) in [6, 6.07) is 14.5. The van der Waals surface area contributed by atoms with Gasteiger partial charge in [-0.05, 0) is 41.8 Å². The summed E-state index contributed by atoms with van der Waals surface area (Å²) in [5, 5.41) is 0.720. The molecule has 2 aromatic rings. The van der Waals surface area contributed by atoms with Gasteiger partial charge in [0.15, 0.2) is 0 Å². The fourth-order valence-electron chi connectivity index (χ4n) is 2.11. The summed E-state index contributed by atoms with van der Waals surface area (Å²) in [5.41, 5.74) is 2.13. The number of rotatable bonds is 3. The molecule has 0 saturated carbocycles. The smallest absolute Gasteiger partial charge is 0.123 e. The van der Waals surface area contributed by atoms with E-state index in [1.54, 1.807) is 12.1 Å². The Morgan fingerprint density at radius 2 is 1.67 bits per heavy atom. The third kappa shape index (κ3) is 3.31. The van der Waals surface area contributed by atoms with Gasteiger partial charge in [-0.2, -0.15) is 0 Å². The molecule has 3 N–H and O–H groups in total. The molecule has 0 bridgehead atoms. The van der Waals surface area contributed by atoms with Gasteiger partial charge in [-0.1, -0.05) is 42.8 Å². The Morgan fingerprint density at radius 1 is 1.06 bits per heavy atom. The second-order valence-electron chi connectivity index (χ2n) is 4.07. The molecule has 0 amide bonds. The van der Waals surface area contributed by atoms with Crippen molar-refractivity contribution in [2.45, 2.75) is 19.3 Å². The van der Waals surface area contributed by atoms with Gasteiger partial charge in [0.05, 0.1) is 0 Å². The van der Waals surface area contributed by atoms with E-state index in [1.165, 1.54) is 6.07 Å². The van der Waals surface area contributed by atoms with Crippen LogP contribution in [0.25, 0.3) is 0 Å². The van der Waals surface area contributed by atoms with E-state index in [4.69, 9.17) is 11.6 Å². The fraction of sp³-hybridized carbons (Fsp3) is 0.200. The van der Waals surface area contributed by atoms with Crippen molar-refractivity contribution >= 4 is 11.6 Å². The maximum atomic E-state index is 13.2. The third-order valence-electron chi connectivity index (χ3n) is 2.91. The molecule has 0 aliphatic heterocycles. The third-order valence-corrected chi connectivity index (χ3v) is 3.15. The lowest BCUT2D eigenvalue weighted by Crippen LogP contribution is -2.00. The van der Waals surface area contributed by atoms with Crippen molar-refractivity contribution in [1.29, 1.82) is 0 Å². The highest BCUT2D eigenvalue weighted by Gasteiger charge is 2.12. The zero-order chi connectivity index (χ0) is 12.3. The van der Waals surface area contributed by atoms with Crippen LogP contribution in [-0.4, -0.2) is 0 Å². The Morgan fingerprint density at radius 3 is 2.22 bits per heavy atom. The molecule has 0 saturated heterocycles. The van der Waals surface area contributed by atoms with E-state index in [2.05, 4.69) is 6.92 Å². The van der Waals surface area contributed by atoms with E-state index in [-0.39, 0.29) is 17.9 Å². The van der Waals surface area contributed by atoms with Crippen LogP contribution in [0.5, 0.6) is 0 Å². The van der Waals surface area contributed by atoms with Crippen molar-refractivity contribution in [3.8, 4) is 0 Å². The molecule has 3 heteroatoms. The molecule has 1 unspecified atom stereocenters. The van der Waals surface area contributed by atoms with Gasteiger partial charge in [0.1, 0.15) is 5.82 Å². The lowest BCUT2D eigenvalue weighted by atomic mass is 9.89. The highest BCUT2D eigenvalue weighted by atomic mass is 35.5. The van der Waals surface area contributed by atoms with Crippen LogP contribution in [0.1, 0.15) is 30.4 Å². The minimum absolute atomic E-state index is 0. The molecule has 18 heavy (non-hydrogen) atoms. The van der Waals surface area contributed by atoms with E-state index >= 15 is 0 Å². The average Bonchev–Trinajstić information content (AvgIpc) is 2.30. The molecule has 1 nitrogen and oxygen atoms in total. The summed E-state index contributed by atoms with van der Waals surface area (Å²) in [6.07, 6.45) is 0.920. The van der Waals surface area contributed by atoms with Crippen LogP contribution in [0.3, 0.4) is 0 Å². The largest absolute Gasteiger partial charge is 0.344 e. The first-order valence-electron chi connectivity index (χ1n) is 5.71. The Hall–Kier alpha value is -1.38. The predicted octanol–water partition coefficient (Wildman–Crippen LogP) is 5.18. The zero-order valence-electron chi connectivity index (χ0n) is 10.4. The fourth-order valence-corrected chi connectivity index (χ4v) is 2.31. The first-order chi connectivity index (χ1) is 8.20. The molecule has 96 valence electrons. The molecule has 0 heterocycles. The average molecular weight is 266 g/mol. The molecular weight excluding hydrogens is 249 g/mol. The molecule has 0 spiro atoms. The molecule has 0 aliphatic carbocycles. The van der Waals surface area contributed by atoms with E-state index in [1.807, 2.05) is 30.3 Å². The monoisotopic (exact) mass is 265 g/mol. The lowest BCUT2D eigenvalue weighted by molar-refractivity contribution is 0.622.